The second kappa shape index (κ2) is 8.23. The van der Waals surface area contributed by atoms with E-state index in [2.05, 4.69) is 19.9 Å². The molecule has 2 aromatic carbocycles. The van der Waals surface area contributed by atoms with Gasteiger partial charge in [0.25, 0.3) is 15.6 Å². The number of sulfonamides is 2. The van der Waals surface area contributed by atoms with Crippen LogP contribution in [0.25, 0.3) is 10.9 Å². The molecule has 2 heterocycles. The van der Waals surface area contributed by atoms with E-state index in [1.807, 2.05) is 19.9 Å². The van der Waals surface area contributed by atoms with Gasteiger partial charge >= 0.3 is 0 Å². The van der Waals surface area contributed by atoms with E-state index in [4.69, 9.17) is 0 Å². The molecule has 5 rings (SSSR count). The zero-order valence-electron chi connectivity index (χ0n) is 19.8. The smallest absolute Gasteiger partial charge is 0.286 e. The summed E-state index contributed by atoms with van der Waals surface area (Å²) in [6, 6.07) is 7.48. The number of amidine groups is 1. The van der Waals surface area contributed by atoms with Gasteiger partial charge in [-0.15, -0.1) is 4.40 Å². The number of fused-ring (bicyclic) bond motifs is 2. The summed E-state index contributed by atoms with van der Waals surface area (Å²) in [6.45, 7) is 4.25. The maximum Gasteiger partial charge on any atom is 0.286 e. The third-order valence-corrected chi connectivity index (χ3v) is 8.27. The molecule has 1 aromatic heterocycles. The van der Waals surface area contributed by atoms with Crippen LogP contribution in [-0.2, 0) is 20.0 Å². The fraction of sp³-hybridized carbons (Fsp3) is 0.304. The van der Waals surface area contributed by atoms with E-state index in [0.29, 0.717) is 23.4 Å². The minimum atomic E-state index is -4.34. The molecule has 36 heavy (non-hydrogen) atoms. The molecule has 1 aliphatic heterocycles. The van der Waals surface area contributed by atoms with Gasteiger partial charge in [-0.05, 0) is 68.0 Å². The number of pyridine rings is 1. The number of aromatic nitrogens is 1. The summed E-state index contributed by atoms with van der Waals surface area (Å²) in [5, 5.41) is 14.5. The summed E-state index contributed by atoms with van der Waals surface area (Å²) < 4.78 is 56.6. The average molecular weight is 532 g/mol. The third-order valence-electron chi connectivity index (χ3n) is 6.34. The first kappa shape index (κ1) is 24.1. The number of aryl methyl sites for hydroxylation is 2. The van der Waals surface area contributed by atoms with Gasteiger partial charge in [-0.2, -0.15) is 8.42 Å². The maximum atomic E-state index is 13.6. The highest BCUT2D eigenvalue weighted by Gasteiger charge is 2.31. The molecule has 0 bridgehead atoms. The predicted octanol–water partition coefficient (Wildman–Crippen LogP) is 2.21. The number of aromatic hydroxyl groups is 1. The Labute approximate surface area is 208 Å². The fourth-order valence-corrected chi connectivity index (χ4v) is 5.90. The highest BCUT2D eigenvalue weighted by atomic mass is 32.2. The Balaban J connectivity index is 1.69. The van der Waals surface area contributed by atoms with Gasteiger partial charge in [-0.25, -0.2) is 13.1 Å². The van der Waals surface area contributed by atoms with Crippen molar-refractivity contribution in [3.63, 3.8) is 0 Å². The van der Waals surface area contributed by atoms with Crippen LogP contribution in [0.1, 0.15) is 29.5 Å². The minimum absolute atomic E-state index is 0.0477. The molecule has 4 N–H and O–H groups in total. The molecule has 11 nitrogen and oxygen atoms in total. The van der Waals surface area contributed by atoms with Crippen molar-refractivity contribution in [2.24, 2.45) is 10.3 Å². The monoisotopic (exact) mass is 531 g/mol. The van der Waals surface area contributed by atoms with Crippen LogP contribution in [0.4, 0.5) is 11.4 Å². The number of nitrogens with zero attached hydrogens (tertiary/aromatic N) is 2. The fourth-order valence-electron chi connectivity index (χ4n) is 4.19. The number of hydrogen-bond acceptors (Lipinski definition) is 8. The van der Waals surface area contributed by atoms with Crippen LogP contribution in [0.2, 0.25) is 0 Å². The molecular weight excluding hydrogens is 506 g/mol. The van der Waals surface area contributed by atoms with Gasteiger partial charge in [-0.3, -0.25) is 9.52 Å². The lowest BCUT2D eigenvalue weighted by molar-refractivity contribution is 0.478. The Morgan fingerprint density at radius 2 is 1.92 bits per heavy atom. The van der Waals surface area contributed by atoms with Crippen molar-refractivity contribution in [1.29, 1.82) is 0 Å². The summed E-state index contributed by atoms with van der Waals surface area (Å²) in [5.74, 6) is -0.248. The van der Waals surface area contributed by atoms with Gasteiger partial charge in [0, 0.05) is 17.6 Å². The van der Waals surface area contributed by atoms with E-state index >= 15 is 0 Å². The Kier molecular flexibility index (Phi) is 5.52. The van der Waals surface area contributed by atoms with Crippen molar-refractivity contribution in [2.45, 2.75) is 31.6 Å². The molecule has 0 spiro atoms. The molecular formula is C23H25N5O6S2. The number of nitrogens with one attached hydrogen (secondary N) is 3. The van der Waals surface area contributed by atoms with Crippen molar-refractivity contribution in [3.05, 3.63) is 57.4 Å². The van der Waals surface area contributed by atoms with Gasteiger partial charge in [0.1, 0.15) is 16.2 Å². The van der Waals surface area contributed by atoms with Crippen molar-refractivity contribution >= 4 is 48.2 Å². The molecule has 3 aromatic rings. The lowest BCUT2D eigenvalue weighted by Gasteiger charge is -2.22. The molecule has 0 amide bonds. The molecule has 0 atom stereocenters. The average Bonchev–Trinajstić information content (AvgIpc) is 3.59. The van der Waals surface area contributed by atoms with Gasteiger partial charge in [0.15, 0.2) is 5.84 Å². The van der Waals surface area contributed by atoms with Crippen LogP contribution >= 0.6 is 0 Å². The first-order valence-electron chi connectivity index (χ1n) is 11.2. The molecule has 0 unspecified atom stereocenters. The van der Waals surface area contributed by atoms with E-state index < -0.39 is 25.6 Å². The SMILES string of the molecule is Cc1ccc2c(c1C)c(O)c(C1=NS(=O)(=O)c3cc(NS(C)(=O)=O)ccc3N1)c(=O)n2NCC1CC1. The van der Waals surface area contributed by atoms with Crippen molar-refractivity contribution in [1.82, 2.24) is 4.68 Å². The summed E-state index contributed by atoms with van der Waals surface area (Å²) >= 11 is 0. The molecule has 13 heteroatoms. The number of benzene rings is 2. The molecule has 0 saturated heterocycles. The zero-order valence-corrected chi connectivity index (χ0v) is 21.4. The van der Waals surface area contributed by atoms with E-state index in [1.54, 1.807) is 6.07 Å². The Morgan fingerprint density at radius 1 is 1.19 bits per heavy atom. The molecule has 1 saturated carbocycles. The first-order valence-corrected chi connectivity index (χ1v) is 14.5. The predicted molar refractivity (Wildman–Crippen MR) is 139 cm³/mol. The summed E-state index contributed by atoms with van der Waals surface area (Å²) in [4.78, 5) is 13.3. The van der Waals surface area contributed by atoms with E-state index in [1.165, 1.54) is 16.8 Å². The van der Waals surface area contributed by atoms with Gasteiger partial charge in [0.05, 0.1) is 17.5 Å². The summed E-state index contributed by atoms with van der Waals surface area (Å²) in [5.41, 5.74) is 4.44. The van der Waals surface area contributed by atoms with Gasteiger partial charge in [-0.1, -0.05) is 6.07 Å². The third kappa shape index (κ3) is 4.28. The molecule has 190 valence electrons. The standard InChI is InChI=1S/C23H25N5O6S2/c1-12-4-9-17-19(13(12)2)21(29)20(23(30)28(17)24-11-14-5-6-14)22-25-16-8-7-15(26-35(3,31)32)10-18(16)36(33,34)27-22/h4,7-10,14,24,26,29H,5-6,11H2,1-3H3,(H,25,27). The maximum absolute atomic E-state index is 13.6. The summed E-state index contributed by atoms with van der Waals surface area (Å²) in [6.07, 6.45) is 3.06. The van der Waals surface area contributed by atoms with Gasteiger partial charge in [0.2, 0.25) is 10.0 Å². The lowest BCUT2D eigenvalue weighted by Crippen LogP contribution is -2.37. The number of rotatable bonds is 6. The van der Waals surface area contributed by atoms with Crippen LogP contribution in [0.15, 0.2) is 44.4 Å². The van der Waals surface area contributed by atoms with E-state index in [0.717, 1.165) is 36.3 Å². The van der Waals surface area contributed by atoms with Crippen LogP contribution in [0.5, 0.6) is 5.75 Å². The van der Waals surface area contributed by atoms with E-state index in [9.17, 15) is 26.7 Å². The van der Waals surface area contributed by atoms with Crippen LogP contribution in [0, 0.1) is 19.8 Å². The zero-order chi connectivity index (χ0) is 26.0. The molecule has 0 radical (unpaired) electrons. The van der Waals surface area contributed by atoms with E-state index in [-0.39, 0.29) is 33.4 Å². The summed E-state index contributed by atoms with van der Waals surface area (Å²) in [7, 11) is -7.97. The topological polar surface area (TPSA) is 159 Å². The quantitative estimate of drug-likeness (QED) is 0.377. The van der Waals surface area contributed by atoms with Crippen LogP contribution in [0.3, 0.4) is 0 Å². The van der Waals surface area contributed by atoms with Crippen molar-refractivity contribution in [2.75, 3.05) is 28.3 Å². The number of hydrogen-bond donors (Lipinski definition) is 4. The molecule has 1 aliphatic carbocycles. The molecule has 2 aliphatic rings. The largest absolute Gasteiger partial charge is 0.506 e. The van der Waals surface area contributed by atoms with Crippen LogP contribution < -0.4 is 21.0 Å². The second-order valence-corrected chi connectivity index (χ2v) is 12.5. The first-order chi connectivity index (χ1) is 16.9. The highest BCUT2D eigenvalue weighted by Crippen LogP contribution is 2.35. The number of anilines is 2. The Hall–Kier alpha value is -3.58. The van der Waals surface area contributed by atoms with Gasteiger partial charge < -0.3 is 15.8 Å². The minimum Gasteiger partial charge on any atom is -0.506 e. The van der Waals surface area contributed by atoms with Crippen molar-refractivity contribution < 1.29 is 21.9 Å². The lowest BCUT2D eigenvalue weighted by atomic mass is 10.0. The second-order valence-electron chi connectivity index (χ2n) is 9.20. The Bertz CT molecular complexity index is 1740. The normalized spacial score (nSPS) is 16.7. The van der Waals surface area contributed by atoms with Crippen LogP contribution in [-0.4, -0.2) is 45.3 Å². The Morgan fingerprint density at radius 3 is 2.58 bits per heavy atom. The molecule has 1 fully saturated rings. The van der Waals surface area contributed by atoms with Crippen molar-refractivity contribution in [3.8, 4) is 5.75 Å². The highest BCUT2D eigenvalue weighted by molar-refractivity contribution is 7.92.